The van der Waals surface area contributed by atoms with Gasteiger partial charge in [-0.15, -0.1) is 21.8 Å². The van der Waals surface area contributed by atoms with Crippen LogP contribution in [0.25, 0.3) is 10.6 Å². The Hall–Kier alpha value is -1.53. The Morgan fingerprint density at radius 1 is 1.47 bits per heavy atom. The van der Waals surface area contributed by atoms with Crippen molar-refractivity contribution < 1.29 is 9.18 Å². The molecule has 0 spiro atoms. The number of benzene rings is 1. The highest BCUT2D eigenvalue weighted by Gasteiger charge is 2.09. The lowest BCUT2D eigenvalue weighted by Crippen LogP contribution is -2.12. The molecule has 4 nitrogen and oxygen atoms in total. The zero-order valence-electron chi connectivity index (χ0n) is 8.48. The summed E-state index contributed by atoms with van der Waals surface area (Å²) in [6.45, 7) is 0. The van der Waals surface area contributed by atoms with Gasteiger partial charge in [-0.3, -0.25) is 10.1 Å². The third kappa shape index (κ3) is 2.98. The van der Waals surface area contributed by atoms with Crippen LogP contribution in [0.5, 0.6) is 0 Å². The van der Waals surface area contributed by atoms with Gasteiger partial charge in [-0.2, -0.15) is 0 Å². The number of carbonyl (C=O) groups excluding carboxylic acids is 1. The molecule has 0 atom stereocenters. The van der Waals surface area contributed by atoms with Crippen molar-refractivity contribution >= 4 is 34.0 Å². The number of halogens is 2. The summed E-state index contributed by atoms with van der Waals surface area (Å²) >= 11 is 6.50. The van der Waals surface area contributed by atoms with Crippen molar-refractivity contribution in [2.75, 3.05) is 11.2 Å². The fourth-order valence-corrected chi connectivity index (χ4v) is 1.99. The first-order valence-electron chi connectivity index (χ1n) is 4.64. The Morgan fingerprint density at radius 2 is 2.29 bits per heavy atom. The summed E-state index contributed by atoms with van der Waals surface area (Å²) in [6.07, 6.45) is 0. The van der Waals surface area contributed by atoms with Gasteiger partial charge < -0.3 is 0 Å². The normalized spacial score (nSPS) is 10.2. The summed E-state index contributed by atoms with van der Waals surface area (Å²) < 4.78 is 13.0. The van der Waals surface area contributed by atoms with E-state index in [4.69, 9.17) is 11.6 Å². The smallest absolute Gasteiger partial charge is 0.241 e. The largest absolute Gasteiger partial charge is 0.299 e. The highest BCUT2D eigenvalue weighted by Crippen LogP contribution is 2.26. The number of nitrogens with zero attached hydrogens (tertiary/aromatic N) is 2. The molecule has 1 aromatic heterocycles. The van der Waals surface area contributed by atoms with E-state index < -0.39 is 0 Å². The maximum atomic E-state index is 13.0. The van der Waals surface area contributed by atoms with E-state index in [0.717, 1.165) is 11.3 Å². The highest BCUT2D eigenvalue weighted by atomic mass is 35.5. The molecular weight excluding hydrogens is 265 g/mol. The molecule has 0 fully saturated rings. The molecule has 1 aromatic carbocycles. The second kappa shape index (κ2) is 5.20. The predicted molar refractivity (Wildman–Crippen MR) is 64.7 cm³/mol. The van der Waals surface area contributed by atoms with E-state index in [1.165, 1.54) is 12.1 Å². The lowest BCUT2D eigenvalue weighted by atomic mass is 10.2. The number of nitrogens with one attached hydrogen (secondary N) is 1. The fraction of sp³-hybridized carbons (Fsp3) is 0.100. The van der Waals surface area contributed by atoms with Gasteiger partial charge in [0.15, 0.2) is 0 Å². The predicted octanol–water partition coefficient (Wildman–Crippen LogP) is 2.52. The minimum Gasteiger partial charge on any atom is -0.299 e. The molecule has 2 rings (SSSR count). The van der Waals surface area contributed by atoms with Crippen LogP contribution in [0.15, 0.2) is 24.3 Å². The van der Waals surface area contributed by atoms with Crippen LogP contribution in [0.2, 0.25) is 0 Å². The Kier molecular flexibility index (Phi) is 3.65. The number of amides is 1. The summed E-state index contributed by atoms with van der Waals surface area (Å²) in [5, 5.41) is 11.0. The summed E-state index contributed by atoms with van der Waals surface area (Å²) in [6, 6.07) is 6.01. The van der Waals surface area contributed by atoms with Crippen molar-refractivity contribution in [3.63, 3.8) is 0 Å². The second-order valence-corrected chi connectivity index (χ2v) is 4.35. The van der Waals surface area contributed by atoms with Crippen LogP contribution < -0.4 is 5.32 Å². The van der Waals surface area contributed by atoms with Crippen LogP contribution in [0, 0.1) is 5.82 Å². The van der Waals surface area contributed by atoms with Crippen LogP contribution in [-0.2, 0) is 4.79 Å². The molecule has 0 unspecified atom stereocenters. The van der Waals surface area contributed by atoms with Crippen molar-refractivity contribution in [3.8, 4) is 10.6 Å². The molecule has 1 heterocycles. The molecule has 7 heteroatoms. The molecule has 0 aliphatic carbocycles. The minimum atomic E-state index is -0.353. The molecule has 1 N–H and O–H groups in total. The van der Waals surface area contributed by atoms with Crippen molar-refractivity contribution in [2.24, 2.45) is 0 Å². The molecule has 1 amide bonds. The van der Waals surface area contributed by atoms with Gasteiger partial charge in [0.25, 0.3) is 0 Å². The van der Waals surface area contributed by atoms with E-state index in [1.807, 2.05) is 0 Å². The van der Waals surface area contributed by atoms with Gasteiger partial charge in [0, 0.05) is 5.56 Å². The molecule has 0 aliphatic rings. The summed E-state index contributed by atoms with van der Waals surface area (Å²) in [4.78, 5) is 11.0. The first-order valence-corrected chi connectivity index (χ1v) is 5.99. The van der Waals surface area contributed by atoms with Crippen LogP contribution in [-0.4, -0.2) is 22.0 Å². The summed E-state index contributed by atoms with van der Waals surface area (Å²) in [7, 11) is 0. The van der Waals surface area contributed by atoms with Crippen molar-refractivity contribution in [1.82, 2.24) is 10.2 Å². The van der Waals surface area contributed by atoms with Crippen LogP contribution in [0.3, 0.4) is 0 Å². The average molecular weight is 272 g/mol. The molecule has 0 saturated heterocycles. The van der Waals surface area contributed by atoms with E-state index in [0.29, 0.717) is 15.7 Å². The molecule has 0 radical (unpaired) electrons. The van der Waals surface area contributed by atoms with Crippen molar-refractivity contribution in [1.29, 1.82) is 0 Å². The van der Waals surface area contributed by atoms with Crippen LogP contribution in [0.1, 0.15) is 0 Å². The Balaban J connectivity index is 2.21. The monoisotopic (exact) mass is 271 g/mol. The Morgan fingerprint density at radius 3 is 3.00 bits per heavy atom. The number of aromatic nitrogens is 2. The maximum Gasteiger partial charge on any atom is 0.241 e. The van der Waals surface area contributed by atoms with Gasteiger partial charge in [-0.25, -0.2) is 4.39 Å². The molecular formula is C10H7ClFN3OS. The second-order valence-electron chi connectivity index (χ2n) is 3.10. The van der Waals surface area contributed by atoms with Gasteiger partial charge in [0.1, 0.15) is 16.7 Å². The van der Waals surface area contributed by atoms with Gasteiger partial charge in [-0.05, 0) is 12.1 Å². The first-order chi connectivity index (χ1) is 8.19. The minimum absolute atomic E-state index is 0.144. The lowest BCUT2D eigenvalue weighted by molar-refractivity contribution is -0.113. The van der Waals surface area contributed by atoms with E-state index in [-0.39, 0.29) is 17.6 Å². The number of anilines is 1. The molecule has 0 saturated carbocycles. The third-order valence-electron chi connectivity index (χ3n) is 1.86. The molecule has 0 bridgehead atoms. The number of hydrogen-bond acceptors (Lipinski definition) is 4. The molecule has 2 aromatic rings. The number of alkyl halides is 1. The standard InChI is InChI=1S/C10H7ClFN3OS/c11-5-8(16)13-10-15-14-9(17-10)6-2-1-3-7(12)4-6/h1-4H,5H2,(H,13,15,16). The topological polar surface area (TPSA) is 54.9 Å². The van der Waals surface area contributed by atoms with Gasteiger partial charge >= 0.3 is 0 Å². The van der Waals surface area contributed by atoms with Gasteiger partial charge in [0.2, 0.25) is 11.0 Å². The fourth-order valence-electron chi connectivity index (χ4n) is 1.16. The summed E-state index contributed by atoms with van der Waals surface area (Å²) in [5.74, 6) is -0.841. The van der Waals surface area contributed by atoms with Gasteiger partial charge in [-0.1, -0.05) is 23.5 Å². The number of carbonyl (C=O) groups is 1. The van der Waals surface area contributed by atoms with E-state index >= 15 is 0 Å². The third-order valence-corrected chi connectivity index (χ3v) is 2.99. The van der Waals surface area contributed by atoms with E-state index in [9.17, 15) is 9.18 Å². The first kappa shape index (κ1) is 11.9. The lowest BCUT2D eigenvalue weighted by Gasteiger charge is -1.95. The molecule has 0 aliphatic heterocycles. The zero-order chi connectivity index (χ0) is 12.3. The number of hydrogen-bond donors (Lipinski definition) is 1. The van der Waals surface area contributed by atoms with Crippen molar-refractivity contribution in [2.45, 2.75) is 0 Å². The Labute approximate surface area is 105 Å². The molecule has 17 heavy (non-hydrogen) atoms. The maximum absolute atomic E-state index is 13.0. The van der Waals surface area contributed by atoms with E-state index in [2.05, 4.69) is 15.5 Å². The van der Waals surface area contributed by atoms with Crippen LogP contribution >= 0.6 is 22.9 Å². The summed E-state index contributed by atoms with van der Waals surface area (Å²) in [5.41, 5.74) is 0.619. The Bertz CT molecular complexity index is 546. The van der Waals surface area contributed by atoms with Crippen molar-refractivity contribution in [3.05, 3.63) is 30.1 Å². The SMILES string of the molecule is O=C(CCl)Nc1nnc(-c2cccc(F)c2)s1. The molecule has 88 valence electrons. The van der Waals surface area contributed by atoms with Gasteiger partial charge in [0.05, 0.1) is 0 Å². The quantitative estimate of drug-likeness (QED) is 0.873. The number of rotatable bonds is 3. The van der Waals surface area contributed by atoms with E-state index in [1.54, 1.807) is 12.1 Å². The highest BCUT2D eigenvalue weighted by molar-refractivity contribution is 7.18. The van der Waals surface area contributed by atoms with Crippen LogP contribution in [0.4, 0.5) is 9.52 Å². The average Bonchev–Trinajstić information content (AvgIpc) is 2.77. The zero-order valence-corrected chi connectivity index (χ0v) is 10.1.